The Balaban J connectivity index is 2.93. The first-order chi connectivity index (χ1) is 7.45. The Kier molecular flexibility index (Phi) is 4.45. The highest BCUT2D eigenvalue weighted by Crippen LogP contribution is 2.13. The van der Waals surface area contributed by atoms with Crippen LogP contribution in [0.3, 0.4) is 0 Å². The second-order valence-corrected chi connectivity index (χ2v) is 5.33. The molecule has 88 valence electrons. The minimum absolute atomic E-state index is 0.0608. The third-order valence-electron chi connectivity index (χ3n) is 1.78. The summed E-state index contributed by atoms with van der Waals surface area (Å²) in [6, 6.07) is 6.27. The summed E-state index contributed by atoms with van der Waals surface area (Å²) >= 11 is 3.21. The molecule has 0 aliphatic carbocycles. The molecule has 5 nitrogen and oxygen atoms in total. The normalized spacial score (nSPS) is 11.3. The lowest BCUT2D eigenvalue weighted by atomic mass is 10.2. The molecule has 1 aromatic carbocycles. The van der Waals surface area contributed by atoms with E-state index < -0.39 is 22.5 Å². The van der Waals surface area contributed by atoms with E-state index in [2.05, 4.69) is 15.9 Å². The lowest BCUT2D eigenvalue weighted by molar-refractivity contribution is -0.135. The average Bonchev–Trinajstić information content (AvgIpc) is 2.27. The zero-order chi connectivity index (χ0) is 12.2. The van der Waals surface area contributed by atoms with Crippen molar-refractivity contribution in [2.75, 3.05) is 6.54 Å². The van der Waals surface area contributed by atoms with Gasteiger partial charge in [0.15, 0.2) is 0 Å². The summed E-state index contributed by atoms with van der Waals surface area (Å²) in [5.41, 5.74) is 0.804. The van der Waals surface area contributed by atoms with E-state index in [1.165, 1.54) is 12.1 Å². The lowest BCUT2D eigenvalue weighted by Crippen LogP contribution is -2.29. The van der Waals surface area contributed by atoms with Gasteiger partial charge >= 0.3 is 5.97 Å². The van der Waals surface area contributed by atoms with Crippen LogP contribution in [0.25, 0.3) is 0 Å². The summed E-state index contributed by atoms with van der Waals surface area (Å²) in [6.45, 7) is -0.624. The molecule has 0 radical (unpaired) electrons. The Morgan fingerprint density at radius 2 is 2.12 bits per heavy atom. The number of benzene rings is 1. The number of hydrogen-bond donors (Lipinski definition) is 2. The van der Waals surface area contributed by atoms with Crippen molar-refractivity contribution >= 4 is 31.9 Å². The van der Waals surface area contributed by atoms with Crippen LogP contribution in [0.4, 0.5) is 0 Å². The largest absolute Gasteiger partial charge is 0.480 e. The summed E-state index contributed by atoms with van der Waals surface area (Å²) in [5, 5.41) is 8.93. The topological polar surface area (TPSA) is 83.5 Å². The highest BCUT2D eigenvalue weighted by molar-refractivity contribution is 9.08. The van der Waals surface area contributed by atoms with Gasteiger partial charge in [0.05, 0.1) is 4.90 Å². The van der Waals surface area contributed by atoms with Crippen LogP contribution in [0.2, 0.25) is 0 Å². The van der Waals surface area contributed by atoms with Gasteiger partial charge in [0.1, 0.15) is 6.54 Å². The third kappa shape index (κ3) is 3.58. The zero-order valence-corrected chi connectivity index (χ0v) is 10.6. The molecule has 0 spiro atoms. The average molecular weight is 308 g/mol. The van der Waals surface area contributed by atoms with Crippen LogP contribution in [0.1, 0.15) is 5.56 Å². The van der Waals surface area contributed by atoms with Crippen molar-refractivity contribution in [1.29, 1.82) is 0 Å². The Morgan fingerprint density at radius 3 is 2.69 bits per heavy atom. The van der Waals surface area contributed by atoms with Gasteiger partial charge < -0.3 is 5.11 Å². The van der Waals surface area contributed by atoms with Crippen LogP contribution in [-0.2, 0) is 20.1 Å². The molecule has 0 amide bonds. The van der Waals surface area contributed by atoms with Gasteiger partial charge in [0.2, 0.25) is 10.0 Å². The first-order valence-corrected chi connectivity index (χ1v) is 6.92. The van der Waals surface area contributed by atoms with Crippen molar-refractivity contribution in [3.05, 3.63) is 29.8 Å². The number of hydrogen-bond acceptors (Lipinski definition) is 3. The van der Waals surface area contributed by atoms with Crippen LogP contribution in [0.5, 0.6) is 0 Å². The van der Waals surface area contributed by atoms with E-state index in [0.29, 0.717) is 5.33 Å². The Labute approximate surface area is 102 Å². The fourth-order valence-corrected chi connectivity index (χ4v) is 2.43. The van der Waals surface area contributed by atoms with Crippen LogP contribution in [0, 0.1) is 0 Å². The number of carbonyl (C=O) groups is 1. The van der Waals surface area contributed by atoms with Gasteiger partial charge in [-0.05, 0) is 17.7 Å². The SMILES string of the molecule is O=C(O)CNS(=O)(=O)c1cccc(CBr)c1. The quantitative estimate of drug-likeness (QED) is 0.793. The molecule has 0 fully saturated rings. The van der Waals surface area contributed by atoms with Gasteiger partial charge in [-0.25, -0.2) is 8.42 Å². The zero-order valence-electron chi connectivity index (χ0n) is 8.18. The van der Waals surface area contributed by atoms with Crippen LogP contribution >= 0.6 is 15.9 Å². The summed E-state index contributed by atoms with van der Waals surface area (Å²) in [6.07, 6.45) is 0. The van der Waals surface area contributed by atoms with Gasteiger partial charge in [-0.2, -0.15) is 4.72 Å². The third-order valence-corrected chi connectivity index (χ3v) is 3.82. The molecule has 2 N–H and O–H groups in total. The standard InChI is InChI=1S/C9H10BrNO4S/c10-5-7-2-1-3-8(4-7)16(14,15)11-6-9(12)13/h1-4,11H,5-6H2,(H,12,13). The molecule has 0 heterocycles. The highest BCUT2D eigenvalue weighted by atomic mass is 79.9. The van der Waals surface area contributed by atoms with Crippen molar-refractivity contribution in [3.63, 3.8) is 0 Å². The molecule has 16 heavy (non-hydrogen) atoms. The van der Waals surface area contributed by atoms with E-state index in [1.807, 2.05) is 4.72 Å². The number of carboxylic acid groups (broad SMARTS) is 1. The van der Waals surface area contributed by atoms with E-state index >= 15 is 0 Å². The first-order valence-electron chi connectivity index (χ1n) is 4.32. The molecule has 0 aliphatic heterocycles. The van der Waals surface area contributed by atoms with Crippen molar-refractivity contribution in [3.8, 4) is 0 Å². The van der Waals surface area contributed by atoms with E-state index in [0.717, 1.165) is 5.56 Å². The molecule has 0 saturated heterocycles. The number of halogens is 1. The Hall–Kier alpha value is -0.920. The molecule has 0 bridgehead atoms. The number of nitrogens with one attached hydrogen (secondary N) is 1. The minimum atomic E-state index is -3.74. The second kappa shape index (κ2) is 5.42. The van der Waals surface area contributed by atoms with Gasteiger partial charge in [0.25, 0.3) is 0 Å². The lowest BCUT2D eigenvalue weighted by Gasteiger charge is -2.05. The van der Waals surface area contributed by atoms with Crippen molar-refractivity contribution < 1.29 is 18.3 Å². The Morgan fingerprint density at radius 1 is 1.44 bits per heavy atom. The van der Waals surface area contributed by atoms with Crippen molar-refractivity contribution in [2.45, 2.75) is 10.2 Å². The predicted molar refractivity (Wildman–Crippen MR) is 61.9 cm³/mol. The molecule has 0 aliphatic rings. The fourth-order valence-electron chi connectivity index (χ4n) is 1.04. The first kappa shape index (κ1) is 13.1. The number of aliphatic carboxylic acids is 1. The number of carboxylic acids is 1. The summed E-state index contributed by atoms with van der Waals surface area (Å²) in [5.74, 6) is -1.22. The van der Waals surface area contributed by atoms with E-state index in [9.17, 15) is 13.2 Å². The molecule has 1 rings (SSSR count). The van der Waals surface area contributed by atoms with Crippen molar-refractivity contribution in [1.82, 2.24) is 4.72 Å². The second-order valence-electron chi connectivity index (χ2n) is 3.00. The number of sulfonamides is 1. The molecule has 0 atom stereocenters. The molecule has 1 aromatic rings. The maximum Gasteiger partial charge on any atom is 0.318 e. The van der Waals surface area contributed by atoms with Gasteiger partial charge in [-0.15, -0.1) is 0 Å². The van der Waals surface area contributed by atoms with E-state index in [-0.39, 0.29) is 4.90 Å². The van der Waals surface area contributed by atoms with Crippen molar-refractivity contribution in [2.24, 2.45) is 0 Å². The minimum Gasteiger partial charge on any atom is -0.480 e. The summed E-state index contributed by atoms with van der Waals surface area (Å²) in [4.78, 5) is 10.3. The monoisotopic (exact) mass is 307 g/mol. The predicted octanol–water partition coefficient (Wildman–Crippen LogP) is 0.944. The maximum atomic E-state index is 11.6. The van der Waals surface area contributed by atoms with Crippen LogP contribution in [-0.4, -0.2) is 26.0 Å². The van der Waals surface area contributed by atoms with Crippen LogP contribution in [0.15, 0.2) is 29.2 Å². The Bertz CT molecular complexity index is 486. The molecule has 7 heteroatoms. The molecular weight excluding hydrogens is 298 g/mol. The molecule has 0 unspecified atom stereocenters. The van der Waals surface area contributed by atoms with E-state index in [1.54, 1.807) is 12.1 Å². The molecular formula is C9H10BrNO4S. The van der Waals surface area contributed by atoms with Gasteiger partial charge in [-0.1, -0.05) is 28.1 Å². The highest BCUT2D eigenvalue weighted by Gasteiger charge is 2.15. The molecule has 0 saturated carbocycles. The smallest absolute Gasteiger partial charge is 0.318 e. The number of rotatable bonds is 5. The van der Waals surface area contributed by atoms with Gasteiger partial charge in [0, 0.05) is 5.33 Å². The van der Waals surface area contributed by atoms with Gasteiger partial charge in [-0.3, -0.25) is 4.79 Å². The summed E-state index contributed by atoms with van der Waals surface area (Å²) in [7, 11) is -3.74. The van der Waals surface area contributed by atoms with Crippen LogP contribution < -0.4 is 4.72 Å². The summed E-state index contributed by atoms with van der Waals surface area (Å²) < 4.78 is 25.2. The fraction of sp³-hybridized carbons (Fsp3) is 0.222. The molecule has 0 aromatic heterocycles. The van der Waals surface area contributed by atoms with E-state index in [4.69, 9.17) is 5.11 Å². The number of alkyl halides is 1. The maximum absolute atomic E-state index is 11.6.